The van der Waals surface area contributed by atoms with Gasteiger partial charge in [0.1, 0.15) is 6.07 Å². The summed E-state index contributed by atoms with van der Waals surface area (Å²) >= 11 is 0. The fraction of sp³-hybridized carbons (Fsp3) is 0.120. The van der Waals surface area contributed by atoms with E-state index in [0.29, 0.717) is 28.4 Å². The van der Waals surface area contributed by atoms with Gasteiger partial charge < -0.3 is 5.32 Å². The minimum atomic E-state index is -0.266. The third-order valence-electron chi connectivity index (χ3n) is 5.27. The molecule has 1 fully saturated rings. The van der Waals surface area contributed by atoms with E-state index in [0.717, 1.165) is 29.5 Å². The van der Waals surface area contributed by atoms with Crippen LogP contribution in [0.25, 0.3) is 16.6 Å². The van der Waals surface area contributed by atoms with Crippen LogP contribution < -0.4 is 5.32 Å². The fourth-order valence-electron chi connectivity index (χ4n) is 3.45. The Labute approximate surface area is 184 Å². The van der Waals surface area contributed by atoms with E-state index in [1.807, 2.05) is 41.5 Å². The first-order chi connectivity index (χ1) is 15.6. The highest BCUT2D eigenvalue weighted by atomic mass is 16.1. The van der Waals surface area contributed by atoms with Crippen molar-refractivity contribution in [3.8, 4) is 29.0 Å². The van der Waals surface area contributed by atoms with Gasteiger partial charge in [0.2, 0.25) is 5.91 Å². The summed E-state index contributed by atoms with van der Waals surface area (Å²) < 4.78 is 3.70. The predicted molar refractivity (Wildman–Crippen MR) is 121 cm³/mol. The number of carbonyl (C=O) groups excluding carboxylic acids is 1. The summed E-state index contributed by atoms with van der Waals surface area (Å²) in [7, 11) is 0. The van der Waals surface area contributed by atoms with Gasteiger partial charge in [-0.1, -0.05) is 18.4 Å². The van der Waals surface area contributed by atoms with Crippen molar-refractivity contribution in [1.29, 1.82) is 5.26 Å². The van der Waals surface area contributed by atoms with Gasteiger partial charge in [-0.3, -0.25) is 9.48 Å². The van der Waals surface area contributed by atoms with E-state index in [1.165, 1.54) is 6.08 Å². The molecule has 0 aliphatic heterocycles. The fourth-order valence-corrected chi connectivity index (χ4v) is 3.45. The van der Waals surface area contributed by atoms with Gasteiger partial charge in [0.05, 0.1) is 35.1 Å². The zero-order valence-corrected chi connectivity index (χ0v) is 17.1. The van der Waals surface area contributed by atoms with Gasteiger partial charge in [0.25, 0.3) is 0 Å². The van der Waals surface area contributed by atoms with Crippen molar-refractivity contribution >= 4 is 17.1 Å². The minimum absolute atomic E-state index is 0.266. The van der Waals surface area contributed by atoms with Crippen LogP contribution in [0.1, 0.15) is 35.6 Å². The number of fused-ring (bicyclic) bond motifs is 1. The number of benzene rings is 1. The van der Waals surface area contributed by atoms with E-state index in [2.05, 4.69) is 40.0 Å². The summed E-state index contributed by atoms with van der Waals surface area (Å²) in [4.78, 5) is 11.4. The number of aromatic nitrogens is 4. The first kappa shape index (κ1) is 19.3. The molecule has 1 aliphatic carbocycles. The van der Waals surface area contributed by atoms with Crippen LogP contribution in [-0.2, 0) is 4.79 Å². The maximum absolute atomic E-state index is 11.4. The highest BCUT2D eigenvalue weighted by Crippen LogP contribution is 2.35. The summed E-state index contributed by atoms with van der Waals surface area (Å²) in [6, 6.07) is 11.9. The van der Waals surface area contributed by atoms with Crippen molar-refractivity contribution in [3.05, 3.63) is 84.5 Å². The van der Waals surface area contributed by atoms with Crippen molar-refractivity contribution in [3.63, 3.8) is 0 Å². The molecule has 5 rings (SSSR count). The van der Waals surface area contributed by atoms with Gasteiger partial charge in [-0.25, -0.2) is 4.52 Å². The van der Waals surface area contributed by atoms with Crippen molar-refractivity contribution in [2.24, 2.45) is 0 Å². The molecule has 7 nitrogen and oxygen atoms in total. The molecular weight excluding hydrogens is 400 g/mol. The molecule has 0 spiro atoms. The van der Waals surface area contributed by atoms with Crippen molar-refractivity contribution in [1.82, 2.24) is 19.4 Å². The van der Waals surface area contributed by atoms with Gasteiger partial charge in [-0.15, -0.1) is 0 Å². The quantitative estimate of drug-likeness (QED) is 0.402. The largest absolute Gasteiger partial charge is 0.323 e. The first-order valence-electron chi connectivity index (χ1n) is 10.2. The Morgan fingerprint density at radius 2 is 1.91 bits per heavy atom. The molecule has 0 radical (unpaired) electrons. The molecule has 0 atom stereocenters. The van der Waals surface area contributed by atoms with Gasteiger partial charge in [0.15, 0.2) is 0 Å². The van der Waals surface area contributed by atoms with E-state index in [-0.39, 0.29) is 5.91 Å². The van der Waals surface area contributed by atoms with Crippen LogP contribution >= 0.6 is 0 Å². The number of nitrogens with one attached hydrogen (secondary N) is 1. The van der Waals surface area contributed by atoms with Gasteiger partial charge in [0, 0.05) is 34.8 Å². The van der Waals surface area contributed by atoms with Crippen LogP contribution in [0.4, 0.5) is 5.69 Å². The Bertz CT molecular complexity index is 1450. The Kier molecular flexibility index (Phi) is 4.78. The number of hydrogen-bond acceptors (Lipinski definition) is 4. The third kappa shape index (κ3) is 3.76. The molecule has 1 aliphatic rings. The zero-order chi connectivity index (χ0) is 22.1. The van der Waals surface area contributed by atoms with Crippen LogP contribution in [-0.4, -0.2) is 25.3 Å². The Morgan fingerprint density at radius 1 is 1.09 bits per heavy atom. The second kappa shape index (κ2) is 7.90. The second-order valence-electron chi connectivity index (χ2n) is 7.57. The molecule has 1 aromatic carbocycles. The van der Waals surface area contributed by atoms with Crippen LogP contribution in [0.15, 0.2) is 67.8 Å². The van der Waals surface area contributed by atoms with Crippen LogP contribution in [0, 0.1) is 23.2 Å². The average molecular weight is 418 g/mol. The first-order valence-corrected chi connectivity index (χ1v) is 10.2. The average Bonchev–Trinajstić information content (AvgIpc) is 3.39. The van der Waals surface area contributed by atoms with Crippen molar-refractivity contribution in [2.45, 2.75) is 18.9 Å². The van der Waals surface area contributed by atoms with Crippen LogP contribution in [0.5, 0.6) is 0 Å². The number of pyridine rings is 1. The van der Waals surface area contributed by atoms with Gasteiger partial charge in [-0.2, -0.15) is 15.5 Å². The van der Waals surface area contributed by atoms with E-state index in [9.17, 15) is 10.1 Å². The molecule has 1 amide bonds. The highest BCUT2D eigenvalue weighted by molar-refractivity contribution is 5.98. The highest BCUT2D eigenvalue weighted by Gasteiger charge is 2.24. The molecule has 7 heteroatoms. The molecule has 3 heterocycles. The topological polar surface area (TPSA) is 88.0 Å². The number of rotatable bonds is 4. The molecule has 0 unspecified atom stereocenters. The Balaban J connectivity index is 1.52. The standard InChI is InChI=1S/C25H18N6O/c1-2-24(32)29-22-7-4-17(5-8-22)3-6-18-11-19(15-31-25(18)20(12-26)13-28-31)21-14-27-30(16-21)23-9-10-23/h2,4-5,7-8,11,13-16,23H,1,9-10H2,(H,29,32). The molecule has 0 saturated heterocycles. The maximum atomic E-state index is 11.4. The summed E-state index contributed by atoms with van der Waals surface area (Å²) in [5.74, 6) is 6.08. The molecule has 154 valence electrons. The van der Waals surface area contributed by atoms with Crippen molar-refractivity contribution in [2.75, 3.05) is 5.32 Å². The zero-order valence-electron chi connectivity index (χ0n) is 17.1. The second-order valence-corrected chi connectivity index (χ2v) is 7.57. The maximum Gasteiger partial charge on any atom is 0.247 e. The molecule has 3 aromatic heterocycles. The third-order valence-corrected chi connectivity index (χ3v) is 5.27. The number of hydrogen-bond donors (Lipinski definition) is 1. The van der Waals surface area contributed by atoms with Crippen molar-refractivity contribution < 1.29 is 4.79 Å². The summed E-state index contributed by atoms with van der Waals surface area (Å²) in [6.07, 6.45) is 10.9. The Morgan fingerprint density at radius 3 is 2.62 bits per heavy atom. The SMILES string of the molecule is C=CC(=O)Nc1ccc(C#Cc2cc(-c3cnn(C4CC4)c3)cn3ncc(C#N)c23)cc1. The van der Waals surface area contributed by atoms with Crippen LogP contribution in [0.2, 0.25) is 0 Å². The number of nitriles is 1. The lowest BCUT2D eigenvalue weighted by atomic mass is 10.1. The number of nitrogens with zero attached hydrogens (tertiary/aromatic N) is 5. The van der Waals surface area contributed by atoms with E-state index >= 15 is 0 Å². The number of anilines is 1. The van der Waals surface area contributed by atoms with E-state index in [1.54, 1.807) is 22.8 Å². The van der Waals surface area contributed by atoms with E-state index < -0.39 is 0 Å². The predicted octanol–water partition coefficient (Wildman–Crippen LogP) is 3.93. The number of carbonyl (C=O) groups is 1. The summed E-state index contributed by atoms with van der Waals surface area (Å²) in [5, 5.41) is 21.0. The molecule has 1 N–H and O–H groups in total. The lowest BCUT2D eigenvalue weighted by molar-refractivity contribution is -0.111. The van der Waals surface area contributed by atoms with Crippen LogP contribution in [0.3, 0.4) is 0 Å². The lowest BCUT2D eigenvalue weighted by Gasteiger charge is -2.04. The van der Waals surface area contributed by atoms with Gasteiger partial charge >= 0.3 is 0 Å². The normalized spacial score (nSPS) is 12.6. The summed E-state index contributed by atoms with van der Waals surface area (Å²) in [6.45, 7) is 3.44. The smallest absolute Gasteiger partial charge is 0.247 e. The molecule has 0 bridgehead atoms. The molecule has 1 saturated carbocycles. The molecular formula is C25H18N6O. The monoisotopic (exact) mass is 418 g/mol. The minimum Gasteiger partial charge on any atom is -0.323 e. The Hall–Kier alpha value is -4.62. The number of amides is 1. The summed E-state index contributed by atoms with van der Waals surface area (Å²) in [5.41, 5.74) is 5.22. The molecule has 32 heavy (non-hydrogen) atoms. The lowest BCUT2D eigenvalue weighted by Crippen LogP contribution is -2.06. The van der Waals surface area contributed by atoms with Gasteiger partial charge in [-0.05, 0) is 49.2 Å². The molecule has 4 aromatic rings. The van der Waals surface area contributed by atoms with E-state index in [4.69, 9.17) is 0 Å².